The predicted molar refractivity (Wildman–Crippen MR) is 259 cm³/mol. The summed E-state index contributed by atoms with van der Waals surface area (Å²) in [5, 5.41) is 14.9. The van der Waals surface area contributed by atoms with Gasteiger partial charge in [-0.15, -0.1) is 0 Å². The van der Waals surface area contributed by atoms with Crippen LogP contribution in [-0.2, 0) is 0 Å². The van der Waals surface area contributed by atoms with Gasteiger partial charge in [0.2, 0.25) is 0 Å². The second-order valence-electron chi connectivity index (χ2n) is 16.0. The van der Waals surface area contributed by atoms with Gasteiger partial charge in [-0.1, -0.05) is 206 Å². The average molecular weight is 759 g/mol. The van der Waals surface area contributed by atoms with E-state index in [-0.39, 0.29) is 0 Å². The lowest BCUT2D eigenvalue weighted by Crippen LogP contribution is -1.96. The summed E-state index contributed by atoms with van der Waals surface area (Å²) < 4.78 is 0. The Labute approximate surface area is 349 Å². The van der Waals surface area contributed by atoms with E-state index in [0.29, 0.717) is 0 Å². The SMILES string of the molecule is c1ccc2cc(-c3ccc(-c4c5ccccc5c(-c5ccc6ccccc6c5)c5c(-c6ccc7ccccc7c6)ccc(-c6ccc7ccccc7c6)c45)cc3)ccc2c1. The normalized spacial score (nSPS) is 11.7. The third kappa shape index (κ3) is 5.69. The molecule has 0 unspecified atom stereocenters. The van der Waals surface area contributed by atoms with Crippen molar-refractivity contribution in [2.75, 3.05) is 0 Å². The fraction of sp³-hybridized carbons (Fsp3) is 0. The van der Waals surface area contributed by atoms with E-state index in [1.165, 1.54) is 120 Å². The summed E-state index contributed by atoms with van der Waals surface area (Å²) in [5.41, 5.74) is 12.2. The Morgan fingerprint density at radius 1 is 0.183 bits per heavy atom. The molecule has 0 saturated heterocycles. The van der Waals surface area contributed by atoms with Gasteiger partial charge in [0.05, 0.1) is 0 Å². The summed E-state index contributed by atoms with van der Waals surface area (Å²) >= 11 is 0. The lowest BCUT2D eigenvalue weighted by molar-refractivity contribution is 1.62. The zero-order chi connectivity index (χ0) is 39.6. The van der Waals surface area contributed by atoms with Crippen LogP contribution in [0.15, 0.2) is 231 Å². The van der Waals surface area contributed by atoms with Crippen molar-refractivity contribution < 1.29 is 0 Å². The molecule has 278 valence electrons. The average Bonchev–Trinajstić information content (AvgIpc) is 3.32. The lowest BCUT2D eigenvalue weighted by atomic mass is 9.79. The van der Waals surface area contributed by atoms with Gasteiger partial charge in [-0.3, -0.25) is 0 Å². The van der Waals surface area contributed by atoms with Crippen LogP contribution in [0, 0.1) is 0 Å². The maximum Gasteiger partial charge on any atom is -0.000785 e. The van der Waals surface area contributed by atoms with Crippen molar-refractivity contribution >= 4 is 64.6 Å². The summed E-state index contributed by atoms with van der Waals surface area (Å²) in [4.78, 5) is 0. The largest absolute Gasteiger partial charge is 0.0616 e. The van der Waals surface area contributed by atoms with Crippen LogP contribution >= 0.6 is 0 Å². The highest BCUT2D eigenvalue weighted by Gasteiger charge is 2.23. The van der Waals surface area contributed by atoms with Crippen LogP contribution < -0.4 is 0 Å². The zero-order valence-corrected chi connectivity index (χ0v) is 32.9. The smallest absolute Gasteiger partial charge is 0.000785 e. The zero-order valence-electron chi connectivity index (χ0n) is 32.9. The van der Waals surface area contributed by atoms with E-state index < -0.39 is 0 Å². The van der Waals surface area contributed by atoms with Crippen LogP contribution in [0.5, 0.6) is 0 Å². The standard InChI is InChI=1S/C60H38/c1-5-15-45-35-49(29-23-39(45)11-1)43-21-27-44(28-22-43)57-55-19-9-10-20-56(55)58(52-32-26-42-14-4-8-18-48(42)38-52)60-54(51-31-25-41-13-3-7-17-47(41)37-51)34-33-53(59(57)60)50-30-24-40-12-2-6-16-46(40)36-50/h1-38H. The van der Waals surface area contributed by atoms with Crippen molar-refractivity contribution in [3.05, 3.63) is 231 Å². The highest BCUT2D eigenvalue weighted by Crippen LogP contribution is 2.51. The van der Waals surface area contributed by atoms with Gasteiger partial charge in [-0.25, -0.2) is 0 Å². The van der Waals surface area contributed by atoms with Crippen molar-refractivity contribution in [1.29, 1.82) is 0 Å². The van der Waals surface area contributed by atoms with Crippen LogP contribution in [0.25, 0.3) is 120 Å². The van der Waals surface area contributed by atoms with Crippen molar-refractivity contribution in [1.82, 2.24) is 0 Å². The maximum atomic E-state index is 2.39. The highest BCUT2D eigenvalue weighted by atomic mass is 14.3. The number of hydrogen-bond donors (Lipinski definition) is 0. The van der Waals surface area contributed by atoms with Gasteiger partial charge < -0.3 is 0 Å². The lowest BCUT2D eigenvalue weighted by Gasteiger charge is -2.23. The first-order valence-electron chi connectivity index (χ1n) is 20.8. The molecule has 0 fully saturated rings. The van der Waals surface area contributed by atoms with E-state index in [2.05, 4.69) is 231 Å². The molecule has 0 heteroatoms. The van der Waals surface area contributed by atoms with Gasteiger partial charge >= 0.3 is 0 Å². The summed E-state index contributed by atoms with van der Waals surface area (Å²) in [5.74, 6) is 0. The first kappa shape index (κ1) is 34.3. The molecule has 0 heterocycles. The second kappa shape index (κ2) is 13.9. The molecule has 0 aliphatic carbocycles. The van der Waals surface area contributed by atoms with E-state index in [1.54, 1.807) is 0 Å². The molecule has 0 atom stereocenters. The molecule has 12 rings (SSSR count). The third-order valence-corrected chi connectivity index (χ3v) is 12.6. The highest BCUT2D eigenvalue weighted by molar-refractivity contribution is 6.28. The first-order chi connectivity index (χ1) is 29.7. The van der Waals surface area contributed by atoms with Gasteiger partial charge in [-0.2, -0.15) is 0 Å². The van der Waals surface area contributed by atoms with Crippen LogP contribution in [0.2, 0.25) is 0 Å². The van der Waals surface area contributed by atoms with E-state index in [4.69, 9.17) is 0 Å². The van der Waals surface area contributed by atoms with E-state index >= 15 is 0 Å². The molecule has 0 bridgehead atoms. The Balaban J connectivity index is 1.22. The number of rotatable bonds is 5. The Kier molecular flexibility index (Phi) is 7.96. The van der Waals surface area contributed by atoms with Gasteiger partial charge in [0.15, 0.2) is 0 Å². The quantitative estimate of drug-likeness (QED) is 0.153. The Morgan fingerprint density at radius 2 is 0.483 bits per heavy atom. The molecule has 12 aromatic carbocycles. The second-order valence-corrected chi connectivity index (χ2v) is 16.0. The molecule has 0 aromatic heterocycles. The van der Waals surface area contributed by atoms with E-state index in [9.17, 15) is 0 Å². The summed E-state index contributed by atoms with van der Waals surface area (Å²) in [6.45, 7) is 0. The molecule has 60 heavy (non-hydrogen) atoms. The van der Waals surface area contributed by atoms with Crippen molar-refractivity contribution in [2.45, 2.75) is 0 Å². The van der Waals surface area contributed by atoms with E-state index in [1.807, 2.05) is 0 Å². The fourth-order valence-electron chi connectivity index (χ4n) is 9.65. The minimum Gasteiger partial charge on any atom is -0.0616 e. The van der Waals surface area contributed by atoms with Crippen LogP contribution in [0.3, 0.4) is 0 Å². The fourth-order valence-corrected chi connectivity index (χ4v) is 9.65. The predicted octanol–water partition coefficient (Wildman–Crippen LogP) is 16.9. The molecule has 12 aromatic rings. The molecule has 0 aliphatic rings. The molecular weight excluding hydrogens is 721 g/mol. The molecule has 0 amide bonds. The number of benzene rings is 12. The third-order valence-electron chi connectivity index (χ3n) is 12.6. The van der Waals surface area contributed by atoms with Crippen molar-refractivity contribution in [3.8, 4) is 55.6 Å². The van der Waals surface area contributed by atoms with Gasteiger partial charge in [0.1, 0.15) is 0 Å². The summed E-state index contributed by atoms with van der Waals surface area (Å²) in [6, 6.07) is 85.5. The van der Waals surface area contributed by atoms with Crippen LogP contribution in [0.4, 0.5) is 0 Å². The number of fused-ring (bicyclic) bond motifs is 6. The van der Waals surface area contributed by atoms with E-state index in [0.717, 1.165) is 0 Å². The number of hydrogen-bond acceptors (Lipinski definition) is 0. The van der Waals surface area contributed by atoms with Crippen molar-refractivity contribution in [3.63, 3.8) is 0 Å². The van der Waals surface area contributed by atoms with Gasteiger partial charge in [-0.05, 0) is 145 Å². The van der Waals surface area contributed by atoms with Crippen LogP contribution in [-0.4, -0.2) is 0 Å². The molecule has 0 spiro atoms. The molecule has 0 saturated carbocycles. The topological polar surface area (TPSA) is 0 Å². The maximum absolute atomic E-state index is 2.39. The van der Waals surface area contributed by atoms with Gasteiger partial charge in [0.25, 0.3) is 0 Å². The molecule has 0 aliphatic heterocycles. The summed E-state index contributed by atoms with van der Waals surface area (Å²) in [6.07, 6.45) is 0. The first-order valence-corrected chi connectivity index (χ1v) is 20.8. The molecule has 0 nitrogen and oxygen atoms in total. The van der Waals surface area contributed by atoms with Crippen molar-refractivity contribution in [2.24, 2.45) is 0 Å². The Hall–Kier alpha value is -7.80. The Bertz CT molecular complexity index is 3640. The molecular formula is C60H38. The Morgan fingerprint density at radius 3 is 0.933 bits per heavy atom. The minimum absolute atomic E-state index is 1.20. The summed E-state index contributed by atoms with van der Waals surface area (Å²) in [7, 11) is 0. The molecule has 0 radical (unpaired) electrons. The minimum atomic E-state index is 1.20. The van der Waals surface area contributed by atoms with Crippen LogP contribution in [0.1, 0.15) is 0 Å². The monoisotopic (exact) mass is 758 g/mol. The van der Waals surface area contributed by atoms with Gasteiger partial charge in [0, 0.05) is 0 Å². The molecule has 0 N–H and O–H groups in total.